The molecule has 21 heavy (non-hydrogen) atoms. The summed E-state index contributed by atoms with van der Waals surface area (Å²) in [5, 5.41) is 2.59. The Morgan fingerprint density at radius 1 is 1.19 bits per heavy atom. The van der Waals surface area contributed by atoms with Crippen molar-refractivity contribution in [3.8, 4) is 0 Å². The standard InChI is InChI=1S/C15H14FN3O2/c1-19(15(21)13-4-2-3-9-17-13)10-14(20)18-12-7-5-11(16)6-8-12/h2-9H,10H2,1H3,(H,18,20). The lowest BCUT2D eigenvalue weighted by Gasteiger charge is -2.16. The number of halogens is 1. The number of nitrogens with zero attached hydrogens (tertiary/aromatic N) is 2. The molecule has 2 amide bonds. The summed E-state index contributed by atoms with van der Waals surface area (Å²) in [5.74, 6) is -1.09. The largest absolute Gasteiger partial charge is 0.331 e. The Labute approximate surface area is 121 Å². The summed E-state index contributed by atoms with van der Waals surface area (Å²) >= 11 is 0. The van der Waals surface area contributed by atoms with Crippen LogP contribution in [0.15, 0.2) is 48.7 Å². The van der Waals surface area contributed by atoms with Crippen molar-refractivity contribution in [3.63, 3.8) is 0 Å². The summed E-state index contributed by atoms with van der Waals surface area (Å²) < 4.78 is 12.8. The van der Waals surface area contributed by atoms with Gasteiger partial charge in [-0.1, -0.05) is 6.07 Å². The van der Waals surface area contributed by atoms with E-state index in [0.717, 1.165) is 0 Å². The Balaban J connectivity index is 1.93. The Morgan fingerprint density at radius 2 is 1.90 bits per heavy atom. The number of pyridine rings is 1. The van der Waals surface area contributed by atoms with Crippen molar-refractivity contribution >= 4 is 17.5 Å². The van der Waals surface area contributed by atoms with Crippen LogP contribution in [0.3, 0.4) is 0 Å². The van der Waals surface area contributed by atoms with Crippen LogP contribution in [0.1, 0.15) is 10.5 Å². The second-order valence-electron chi connectivity index (χ2n) is 4.43. The molecule has 0 saturated heterocycles. The van der Waals surface area contributed by atoms with Gasteiger partial charge in [-0.25, -0.2) is 4.39 Å². The molecule has 0 aliphatic carbocycles. The Kier molecular flexibility index (Phi) is 4.61. The Morgan fingerprint density at radius 3 is 2.52 bits per heavy atom. The summed E-state index contributed by atoms with van der Waals surface area (Å²) in [4.78, 5) is 29.0. The van der Waals surface area contributed by atoms with Gasteiger partial charge in [0.2, 0.25) is 5.91 Å². The molecule has 108 valence electrons. The molecule has 0 aliphatic heterocycles. The van der Waals surface area contributed by atoms with E-state index in [9.17, 15) is 14.0 Å². The molecule has 1 aromatic heterocycles. The maximum Gasteiger partial charge on any atom is 0.272 e. The number of benzene rings is 1. The lowest BCUT2D eigenvalue weighted by atomic mass is 10.3. The van der Waals surface area contributed by atoms with E-state index >= 15 is 0 Å². The molecule has 5 nitrogen and oxygen atoms in total. The number of rotatable bonds is 4. The predicted molar refractivity (Wildman–Crippen MR) is 76.2 cm³/mol. The number of hydrogen-bond acceptors (Lipinski definition) is 3. The molecule has 0 spiro atoms. The van der Waals surface area contributed by atoms with Crippen LogP contribution in [0.2, 0.25) is 0 Å². The van der Waals surface area contributed by atoms with Crippen LogP contribution in [0.4, 0.5) is 10.1 Å². The average Bonchev–Trinajstić information content (AvgIpc) is 2.49. The van der Waals surface area contributed by atoms with Gasteiger partial charge >= 0.3 is 0 Å². The highest BCUT2D eigenvalue weighted by Gasteiger charge is 2.15. The van der Waals surface area contributed by atoms with Gasteiger partial charge in [-0.2, -0.15) is 0 Å². The van der Waals surface area contributed by atoms with Crippen molar-refractivity contribution in [3.05, 3.63) is 60.2 Å². The summed E-state index contributed by atoms with van der Waals surface area (Å²) in [7, 11) is 1.52. The first kappa shape index (κ1) is 14.6. The van der Waals surface area contributed by atoms with Crippen LogP contribution < -0.4 is 5.32 Å². The highest BCUT2D eigenvalue weighted by molar-refractivity contribution is 5.98. The number of aromatic nitrogens is 1. The molecule has 2 rings (SSSR count). The van der Waals surface area contributed by atoms with Crippen LogP contribution in [0.25, 0.3) is 0 Å². The van der Waals surface area contributed by atoms with Crippen molar-refractivity contribution in [2.24, 2.45) is 0 Å². The summed E-state index contributed by atoms with van der Waals surface area (Å²) in [6, 6.07) is 10.4. The number of likely N-dealkylation sites (N-methyl/N-ethyl adjacent to an activating group) is 1. The van der Waals surface area contributed by atoms with E-state index in [1.54, 1.807) is 18.2 Å². The molecule has 2 aromatic rings. The summed E-state index contributed by atoms with van der Waals surface area (Å²) in [5.41, 5.74) is 0.745. The molecule has 0 saturated carbocycles. The molecule has 0 radical (unpaired) electrons. The summed E-state index contributed by atoms with van der Waals surface area (Å²) in [6.45, 7) is -0.118. The van der Waals surface area contributed by atoms with Gasteiger partial charge in [0.25, 0.3) is 5.91 Å². The normalized spacial score (nSPS) is 10.0. The van der Waals surface area contributed by atoms with Crippen LogP contribution in [-0.2, 0) is 4.79 Å². The van der Waals surface area contributed by atoms with E-state index in [4.69, 9.17) is 0 Å². The van der Waals surface area contributed by atoms with Crippen molar-refractivity contribution in [2.45, 2.75) is 0 Å². The van der Waals surface area contributed by atoms with Crippen LogP contribution in [0, 0.1) is 5.82 Å². The van der Waals surface area contributed by atoms with Gasteiger partial charge in [-0.15, -0.1) is 0 Å². The Hall–Kier alpha value is -2.76. The van der Waals surface area contributed by atoms with Crippen molar-refractivity contribution in [1.29, 1.82) is 0 Å². The van der Waals surface area contributed by atoms with E-state index < -0.39 is 0 Å². The highest BCUT2D eigenvalue weighted by Crippen LogP contribution is 2.08. The lowest BCUT2D eigenvalue weighted by Crippen LogP contribution is -2.35. The molecule has 1 heterocycles. The zero-order valence-corrected chi connectivity index (χ0v) is 11.4. The molecular weight excluding hydrogens is 273 g/mol. The van der Waals surface area contributed by atoms with Gasteiger partial charge in [0.15, 0.2) is 0 Å². The molecule has 0 atom stereocenters. The smallest absolute Gasteiger partial charge is 0.272 e. The van der Waals surface area contributed by atoms with Crippen LogP contribution >= 0.6 is 0 Å². The van der Waals surface area contributed by atoms with Crippen molar-refractivity contribution in [1.82, 2.24) is 9.88 Å². The minimum atomic E-state index is -0.379. The molecule has 0 aliphatic rings. The van der Waals surface area contributed by atoms with E-state index in [0.29, 0.717) is 5.69 Å². The lowest BCUT2D eigenvalue weighted by molar-refractivity contribution is -0.116. The molecule has 1 N–H and O–H groups in total. The average molecular weight is 287 g/mol. The molecule has 6 heteroatoms. The monoisotopic (exact) mass is 287 g/mol. The minimum absolute atomic E-state index is 0.118. The zero-order valence-electron chi connectivity index (χ0n) is 11.4. The van der Waals surface area contributed by atoms with Gasteiger partial charge in [0, 0.05) is 18.9 Å². The molecule has 0 bridgehead atoms. The third-order valence-electron chi connectivity index (χ3n) is 2.74. The predicted octanol–water partition coefficient (Wildman–Crippen LogP) is 1.93. The number of carbonyl (C=O) groups excluding carboxylic acids is 2. The highest BCUT2D eigenvalue weighted by atomic mass is 19.1. The second-order valence-corrected chi connectivity index (χ2v) is 4.43. The minimum Gasteiger partial charge on any atom is -0.331 e. The number of amides is 2. The fourth-order valence-electron chi connectivity index (χ4n) is 1.71. The third-order valence-corrected chi connectivity index (χ3v) is 2.74. The maximum atomic E-state index is 12.8. The van der Waals surface area contributed by atoms with Crippen LogP contribution in [0.5, 0.6) is 0 Å². The number of hydrogen-bond donors (Lipinski definition) is 1. The second kappa shape index (κ2) is 6.60. The molecule has 0 fully saturated rings. The maximum absolute atomic E-state index is 12.8. The quantitative estimate of drug-likeness (QED) is 0.934. The molecule has 1 aromatic carbocycles. The fourth-order valence-corrected chi connectivity index (χ4v) is 1.71. The van der Waals surface area contributed by atoms with E-state index in [1.165, 1.54) is 42.4 Å². The topological polar surface area (TPSA) is 62.3 Å². The van der Waals surface area contributed by atoms with Gasteiger partial charge in [0.05, 0.1) is 6.54 Å². The third kappa shape index (κ3) is 4.10. The first-order chi connectivity index (χ1) is 10.1. The number of anilines is 1. The van der Waals surface area contributed by atoms with Gasteiger partial charge < -0.3 is 10.2 Å². The SMILES string of the molecule is CN(CC(=O)Nc1ccc(F)cc1)C(=O)c1ccccn1. The molecule has 0 unspecified atom stereocenters. The number of carbonyl (C=O) groups is 2. The molecular formula is C15H14FN3O2. The number of nitrogens with one attached hydrogen (secondary N) is 1. The fraction of sp³-hybridized carbons (Fsp3) is 0.133. The van der Waals surface area contributed by atoms with E-state index in [-0.39, 0.29) is 29.9 Å². The van der Waals surface area contributed by atoms with E-state index in [1.807, 2.05) is 0 Å². The van der Waals surface area contributed by atoms with E-state index in [2.05, 4.69) is 10.3 Å². The zero-order chi connectivity index (χ0) is 15.2. The van der Waals surface area contributed by atoms with Crippen molar-refractivity contribution < 1.29 is 14.0 Å². The van der Waals surface area contributed by atoms with Gasteiger partial charge in [-0.3, -0.25) is 14.6 Å². The Bertz CT molecular complexity index is 629. The van der Waals surface area contributed by atoms with Crippen molar-refractivity contribution in [2.75, 3.05) is 18.9 Å². The van der Waals surface area contributed by atoms with Gasteiger partial charge in [0.1, 0.15) is 11.5 Å². The first-order valence-electron chi connectivity index (χ1n) is 6.28. The van der Waals surface area contributed by atoms with Gasteiger partial charge in [-0.05, 0) is 36.4 Å². The first-order valence-corrected chi connectivity index (χ1v) is 6.28. The van der Waals surface area contributed by atoms with Crippen LogP contribution in [-0.4, -0.2) is 35.3 Å². The summed E-state index contributed by atoms with van der Waals surface area (Å²) in [6.07, 6.45) is 1.51.